The molecule has 0 N–H and O–H groups in total. The lowest BCUT2D eigenvalue weighted by Crippen LogP contribution is -2.44. The molecule has 0 spiro atoms. The van der Waals surface area contributed by atoms with Crippen molar-refractivity contribution >= 4 is 29.4 Å². The maximum Gasteiger partial charge on any atom is 0.240 e. The van der Waals surface area contributed by atoms with Gasteiger partial charge in [0.25, 0.3) is 0 Å². The molecule has 0 aromatic heterocycles. The molecule has 3 aromatic carbocycles. The summed E-state index contributed by atoms with van der Waals surface area (Å²) >= 11 is 0. The number of hydrogen-bond acceptors (Lipinski definition) is 6. The van der Waals surface area contributed by atoms with E-state index in [0.717, 1.165) is 11.1 Å². The van der Waals surface area contributed by atoms with E-state index in [2.05, 4.69) is 0 Å². The summed E-state index contributed by atoms with van der Waals surface area (Å²) in [5, 5.41) is 0. The Balaban J connectivity index is 1.49. The van der Waals surface area contributed by atoms with Crippen molar-refractivity contribution < 1.29 is 23.9 Å². The van der Waals surface area contributed by atoms with Gasteiger partial charge in [-0.2, -0.15) is 0 Å². The summed E-state index contributed by atoms with van der Waals surface area (Å²) in [6.07, 6.45) is 3.79. The lowest BCUT2D eigenvalue weighted by Gasteiger charge is -2.35. The van der Waals surface area contributed by atoms with Gasteiger partial charge >= 0.3 is 0 Å². The molecule has 3 aliphatic heterocycles. The summed E-state index contributed by atoms with van der Waals surface area (Å²) in [4.78, 5) is 45.0. The largest absolute Gasteiger partial charge is 0.493 e. The number of imide groups is 1. The molecular formula is C29H24N2O5. The molecule has 3 heterocycles. The Labute approximate surface area is 208 Å². The second kappa shape index (κ2) is 8.37. The molecule has 2 fully saturated rings. The van der Waals surface area contributed by atoms with Crippen molar-refractivity contribution in [2.24, 2.45) is 11.8 Å². The molecule has 2 saturated heterocycles. The van der Waals surface area contributed by atoms with Crippen molar-refractivity contribution in [3.8, 4) is 11.5 Å². The number of methoxy groups -OCH3 is 2. The highest BCUT2D eigenvalue weighted by Gasteiger charge is 2.64. The summed E-state index contributed by atoms with van der Waals surface area (Å²) in [7, 11) is 3.04. The molecule has 0 aliphatic carbocycles. The van der Waals surface area contributed by atoms with Crippen LogP contribution in [0.5, 0.6) is 11.5 Å². The average molecular weight is 481 g/mol. The number of Topliss-reactive ketones (excluding diaryl/α,β-unsaturated/α-hetero) is 1. The first-order valence-corrected chi connectivity index (χ1v) is 11.8. The molecular weight excluding hydrogens is 456 g/mol. The summed E-state index contributed by atoms with van der Waals surface area (Å²) in [5.74, 6) is -1.45. The maximum absolute atomic E-state index is 14.1. The highest BCUT2D eigenvalue weighted by Crippen LogP contribution is 2.53. The summed E-state index contributed by atoms with van der Waals surface area (Å²) < 4.78 is 10.7. The third-order valence-corrected chi connectivity index (χ3v) is 7.41. The molecule has 3 aliphatic rings. The van der Waals surface area contributed by atoms with E-state index >= 15 is 0 Å². The molecule has 6 rings (SSSR count). The second-order valence-corrected chi connectivity index (χ2v) is 9.11. The first-order valence-electron chi connectivity index (χ1n) is 11.8. The van der Waals surface area contributed by atoms with Crippen LogP contribution in [0.2, 0.25) is 0 Å². The van der Waals surface area contributed by atoms with Gasteiger partial charge in [-0.05, 0) is 47.5 Å². The number of nitrogens with zero attached hydrogens (tertiary/aromatic N) is 2. The molecule has 7 heteroatoms. The first kappa shape index (κ1) is 22.1. The predicted octanol–water partition coefficient (Wildman–Crippen LogP) is 4.10. The van der Waals surface area contributed by atoms with E-state index in [9.17, 15) is 14.4 Å². The van der Waals surface area contributed by atoms with E-state index in [-0.39, 0.29) is 17.6 Å². The number of para-hydroxylation sites is 1. The maximum atomic E-state index is 14.1. The van der Waals surface area contributed by atoms with E-state index in [1.54, 1.807) is 42.5 Å². The van der Waals surface area contributed by atoms with Gasteiger partial charge in [0.15, 0.2) is 17.3 Å². The van der Waals surface area contributed by atoms with E-state index in [1.165, 1.54) is 19.1 Å². The number of rotatable bonds is 5. The highest BCUT2D eigenvalue weighted by atomic mass is 16.5. The Morgan fingerprint density at radius 1 is 0.806 bits per heavy atom. The summed E-state index contributed by atoms with van der Waals surface area (Å²) in [6.45, 7) is 0. The molecule has 4 unspecified atom stereocenters. The summed E-state index contributed by atoms with van der Waals surface area (Å²) in [6, 6.07) is 20.4. The van der Waals surface area contributed by atoms with Crippen molar-refractivity contribution in [1.82, 2.24) is 4.90 Å². The van der Waals surface area contributed by atoms with Gasteiger partial charge in [-0.25, -0.2) is 4.90 Å². The molecule has 7 nitrogen and oxygen atoms in total. The Bertz CT molecular complexity index is 1420. The fourth-order valence-electron chi connectivity index (χ4n) is 5.85. The van der Waals surface area contributed by atoms with E-state index in [0.29, 0.717) is 22.7 Å². The fourth-order valence-corrected chi connectivity index (χ4v) is 5.85. The zero-order chi connectivity index (χ0) is 25.0. The molecule has 2 amide bonds. The topological polar surface area (TPSA) is 76.2 Å². The van der Waals surface area contributed by atoms with Crippen molar-refractivity contribution in [3.05, 3.63) is 95.7 Å². The van der Waals surface area contributed by atoms with Crippen molar-refractivity contribution in [2.75, 3.05) is 19.1 Å². The van der Waals surface area contributed by atoms with Crippen LogP contribution in [0.25, 0.3) is 6.08 Å². The summed E-state index contributed by atoms with van der Waals surface area (Å²) in [5.41, 5.74) is 2.83. The lowest BCUT2D eigenvalue weighted by atomic mass is 9.83. The van der Waals surface area contributed by atoms with Crippen LogP contribution in [0.15, 0.2) is 79.0 Å². The van der Waals surface area contributed by atoms with Crippen molar-refractivity contribution in [3.63, 3.8) is 0 Å². The van der Waals surface area contributed by atoms with Crippen LogP contribution in [0.4, 0.5) is 5.69 Å². The minimum atomic E-state index is -0.840. The smallest absolute Gasteiger partial charge is 0.240 e. The number of ether oxygens (including phenoxy) is 2. The van der Waals surface area contributed by atoms with Gasteiger partial charge in [0, 0.05) is 11.8 Å². The molecule has 180 valence electrons. The van der Waals surface area contributed by atoms with Crippen molar-refractivity contribution in [1.29, 1.82) is 0 Å². The molecule has 3 aromatic rings. The minimum absolute atomic E-state index is 0.242. The van der Waals surface area contributed by atoms with Crippen molar-refractivity contribution in [2.45, 2.75) is 12.1 Å². The van der Waals surface area contributed by atoms with Gasteiger partial charge in [-0.15, -0.1) is 0 Å². The van der Waals surface area contributed by atoms with Gasteiger partial charge in [-0.1, -0.05) is 42.5 Å². The van der Waals surface area contributed by atoms with Gasteiger partial charge in [0.2, 0.25) is 11.8 Å². The van der Waals surface area contributed by atoms with Crippen LogP contribution in [-0.4, -0.2) is 42.8 Å². The van der Waals surface area contributed by atoms with Crippen LogP contribution in [0.1, 0.15) is 27.5 Å². The Morgan fingerprint density at radius 2 is 1.50 bits per heavy atom. The number of anilines is 1. The van der Waals surface area contributed by atoms with E-state index in [1.807, 2.05) is 47.5 Å². The number of carbonyl (C=O) groups excluding carboxylic acids is 3. The number of hydrogen-bond donors (Lipinski definition) is 0. The van der Waals surface area contributed by atoms with Gasteiger partial charge in [0.05, 0.1) is 37.8 Å². The van der Waals surface area contributed by atoms with Gasteiger partial charge in [-0.3, -0.25) is 14.4 Å². The first-order chi connectivity index (χ1) is 17.5. The Kier molecular flexibility index (Phi) is 5.14. The van der Waals surface area contributed by atoms with Gasteiger partial charge in [0.1, 0.15) is 6.04 Å². The SMILES string of the molecule is COc1ccc(C(=O)C2C3C(=O)N(c4ccccc4)C(=O)C3C3c4ccccc4C=CN23)cc1OC. The normalized spacial score (nSPS) is 23.8. The standard InChI is InChI=1S/C29H24N2O5/c1-35-21-13-12-18(16-22(21)36-2)27(32)26-24-23(25-20-11-7-6-8-17(20)14-15-30(25)26)28(33)31(29(24)34)19-9-4-3-5-10-19/h3-16,23-26H,1-2H3. The van der Waals surface area contributed by atoms with Crippen LogP contribution in [-0.2, 0) is 9.59 Å². The van der Waals surface area contributed by atoms with Crippen LogP contribution >= 0.6 is 0 Å². The predicted molar refractivity (Wildman–Crippen MR) is 134 cm³/mol. The molecule has 0 bridgehead atoms. The molecule has 4 atom stereocenters. The zero-order valence-corrected chi connectivity index (χ0v) is 19.8. The number of carbonyl (C=O) groups is 3. The number of fused-ring (bicyclic) bond motifs is 5. The minimum Gasteiger partial charge on any atom is -0.493 e. The fraction of sp³-hybridized carbons (Fsp3) is 0.207. The van der Waals surface area contributed by atoms with Crippen LogP contribution < -0.4 is 14.4 Å². The third kappa shape index (κ3) is 3.09. The monoisotopic (exact) mass is 480 g/mol. The second-order valence-electron chi connectivity index (χ2n) is 9.11. The van der Waals surface area contributed by atoms with Crippen LogP contribution in [0.3, 0.4) is 0 Å². The van der Waals surface area contributed by atoms with Gasteiger partial charge < -0.3 is 14.4 Å². The molecule has 0 radical (unpaired) electrons. The average Bonchev–Trinajstić information content (AvgIpc) is 3.40. The molecule has 36 heavy (non-hydrogen) atoms. The quantitative estimate of drug-likeness (QED) is 0.404. The molecule has 0 saturated carbocycles. The number of ketones is 1. The van der Waals surface area contributed by atoms with Crippen LogP contribution in [0, 0.1) is 11.8 Å². The number of benzene rings is 3. The van der Waals surface area contributed by atoms with E-state index < -0.39 is 23.9 Å². The Morgan fingerprint density at radius 3 is 2.25 bits per heavy atom. The highest BCUT2D eigenvalue weighted by molar-refractivity contribution is 6.24. The Hall–Kier alpha value is -4.39. The zero-order valence-electron chi connectivity index (χ0n) is 19.8. The lowest BCUT2D eigenvalue weighted by molar-refractivity contribution is -0.123. The number of amides is 2. The third-order valence-electron chi connectivity index (χ3n) is 7.41. The van der Waals surface area contributed by atoms with E-state index in [4.69, 9.17) is 9.47 Å².